The van der Waals surface area contributed by atoms with Crippen molar-refractivity contribution >= 4 is 17.7 Å². The largest absolute Gasteiger partial charge is 0.484 e. The molecule has 3 N–H and O–H groups in total. The zero-order valence-corrected chi connectivity index (χ0v) is 11.6. The Bertz CT molecular complexity index is 517. The third-order valence-corrected chi connectivity index (χ3v) is 2.13. The van der Waals surface area contributed by atoms with Crippen LogP contribution in [-0.2, 0) is 14.4 Å². The summed E-state index contributed by atoms with van der Waals surface area (Å²) >= 11 is 0. The zero-order chi connectivity index (χ0) is 15.8. The summed E-state index contributed by atoms with van der Waals surface area (Å²) in [6.45, 7) is 3.00. The molecule has 0 atom stereocenters. The lowest BCUT2D eigenvalue weighted by Gasteiger charge is -2.10. The fourth-order valence-corrected chi connectivity index (χ4v) is 1.23. The molecule has 114 valence electrons. The highest BCUT2D eigenvalue weighted by Gasteiger charge is 2.14. The summed E-state index contributed by atoms with van der Waals surface area (Å²) in [6.07, 6.45) is 0. The fourth-order valence-electron chi connectivity index (χ4n) is 1.23. The van der Waals surface area contributed by atoms with Crippen molar-refractivity contribution in [1.82, 2.24) is 16.2 Å². The maximum absolute atomic E-state index is 12.6. The number of hydrogen-bond donors (Lipinski definition) is 3. The van der Waals surface area contributed by atoms with Crippen LogP contribution in [0.4, 0.5) is 4.39 Å². The van der Waals surface area contributed by atoms with Crippen molar-refractivity contribution in [3.63, 3.8) is 0 Å². The van der Waals surface area contributed by atoms with Gasteiger partial charge in [0.1, 0.15) is 11.6 Å². The average molecular weight is 297 g/mol. The van der Waals surface area contributed by atoms with Gasteiger partial charge >= 0.3 is 11.8 Å². The lowest BCUT2D eigenvalue weighted by molar-refractivity contribution is -0.141. The SMILES string of the molecule is CC(C)NC(=O)C(=O)NNC(=O)COc1ccc(F)cc1. The molecule has 1 rings (SSSR count). The van der Waals surface area contributed by atoms with E-state index in [1.807, 2.05) is 10.9 Å². The summed E-state index contributed by atoms with van der Waals surface area (Å²) in [5.41, 5.74) is 3.96. The van der Waals surface area contributed by atoms with E-state index in [4.69, 9.17) is 4.74 Å². The van der Waals surface area contributed by atoms with Gasteiger partial charge in [0.15, 0.2) is 6.61 Å². The van der Waals surface area contributed by atoms with Crippen LogP contribution >= 0.6 is 0 Å². The Hall–Kier alpha value is -2.64. The molecule has 21 heavy (non-hydrogen) atoms. The van der Waals surface area contributed by atoms with E-state index in [1.54, 1.807) is 13.8 Å². The Morgan fingerprint density at radius 3 is 2.29 bits per heavy atom. The molecular formula is C13H16FN3O4. The quantitative estimate of drug-likeness (QED) is 0.533. The molecule has 0 fully saturated rings. The number of halogens is 1. The highest BCUT2D eigenvalue weighted by Crippen LogP contribution is 2.10. The normalized spacial score (nSPS) is 9.90. The van der Waals surface area contributed by atoms with Gasteiger partial charge < -0.3 is 10.1 Å². The van der Waals surface area contributed by atoms with E-state index in [2.05, 4.69) is 5.32 Å². The highest BCUT2D eigenvalue weighted by atomic mass is 19.1. The van der Waals surface area contributed by atoms with Crippen LogP contribution in [0.25, 0.3) is 0 Å². The average Bonchev–Trinajstić information content (AvgIpc) is 2.43. The van der Waals surface area contributed by atoms with Crippen molar-refractivity contribution in [2.75, 3.05) is 6.61 Å². The van der Waals surface area contributed by atoms with E-state index >= 15 is 0 Å². The van der Waals surface area contributed by atoms with E-state index in [1.165, 1.54) is 24.3 Å². The van der Waals surface area contributed by atoms with Gasteiger partial charge in [0.2, 0.25) is 0 Å². The van der Waals surface area contributed by atoms with Crippen LogP contribution in [0.2, 0.25) is 0 Å². The van der Waals surface area contributed by atoms with Crippen molar-refractivity contribution in [2.45, 2.75) is 19.9 Å². The number of ether oxygens (including phenoxy) is 1. The minimum absolute atomic E-state index is 0.194. The van der Waals surface area contributed by atoms with Crippen LogP contribution < -0.4 is 20.9 Å². The van der Waals surface area contributed by atoms with E-state index in [-0.39, 0.29) is 6.04 Å². The summed E-state index contributed by atoms with van der Waals surface area (Å²) in [5, 5.41) is 2.36. The van der Waals surface area contributed by atoms with Crippen LogP contribution in [0.1, 0.15) is 13.8 Å². The number of hydrazine groups is 1. The molecule has 1 aromatic rings. The Labute approximate surface area is 120 Å². The summed E-state index contributed by atoms with van der Waals surface area (Å²) in [5.74, 6) is -2.63. The molecule has 0 aromatic heterocycles. The summed E-state index contributed by atoms with van der Waals surface area (Å²) in [7, 11) is 0. The highest BCUT2D eigenvalue weighted by molar-refractivity contribution is 6.35. The number of nitrogens with one attached hydrogen (secondary N) is 3. The van der Waals surface area contributed by atoms with E-state index < -0.39 is 30.1 Å². The molecular weight excluding hydrogens is 281 g/mol. The first-order valence-electron chi connectivity index (χ1n) is 6.16. The smallest absolute Gasteiger partial charge is 0.327 e. The van der Waals surface area contributed by atoms with Gasteiger partial charge in [0.05, 0.1) is 0 Å². The molecule has 0 bridgehead atoms. The van der Waals surface area contributed by atoms with Gasteiger partial charge in [-0.25, -0.2) is 4.39 Å². The predicted octanol–water partition coefficient (Wildman–Crippen LogP) is -0.123. The van der Waals surface area contributed by atoms with Crippen LogP contribution in [-0.4, -0.2) is 30.4 Å². The lowest BCUT2D eigenvalue weighted by Crippen LogP contribution is -2.50. The van der Waals surface area contributed by atoms with Crippen molar-refractivity contribution in [3.05, 3.63) is 30.1 Å². The van der Waals surface area contributed by atoms with Crippen LogP contribution in [0.3, 0.4) is 0 Å². The minimum Gasteiger partial charge on any atom is -0.484 e. The van der Waals surface area contributed by atoms with Crippen molar-refractivity contribution in [2.24, 2.45) is 0 Å². The second-order valence-corrected chi connectivity index (χ2v) is 4.37. The van der Waals surface area contributed by atoms with Gasteiger partial charge in [0.25, 0.3) is 5.91 Å². The molecule has 0 heterocycles. The maximum atomic E-state index is 12.6. The third-order valence-electron chi connectivity index (χ3n) is 2.13. The Morgan fingerprint density at radius 2 is 1.71 bits per heavy atom. The van der Waals surface area contributed by atoms with Crippen molar-refractivity contribution in [1.29, 1.82) is 0 Å². The number of carbonyl (C=O) groups is 3. The molecule has 0 saturated carbocycles. The molecule has 3 amide bonds. The minimum atomic E-state index is -0.987. The summed E-state index contributed by atoms with van der Waals surface area (Å²) in [4.78, 5) is 33.9. The molecule has 0 spiro atoms. The monoisotopic (exact) mass is 297 g/mol. The third kappa shape index (κ3) is 6.37. The number of hydrogen-bond acceptors (Lipinski definition) is 4. The lowest BCUT2D eigenvalue weighted by atomic mass is 10.3. The molecule has 0 aliphatic rings. The van der Waals surface area contributed by atoms with Crippen LogP contribution in [0.15, 0.2) is 24.3 Å². The summed E-state index contributed by atoms with van der Waals surface area (Å²) < 4.78 is 17.7. The number of carbonyl (C=O) groups excluding carboxylic acids is 3. The second-order valence-electron chi connectivity index (χ2n) is 4.37. The molecule has 0 saturated heterocycles. The van der Waals surface area contributed by atoms with Crippen LogP contribution in [0, 0.1) is 5.82 Å². The summed E-state index contributed by atoms with van der Waals surface area (Å²) in [6, 6.07) is 4.89. The molecule has 1 aromatic carbocycles. The van der Waals surface area contributed by atoms with E-state index in [9.17, 15) is 18.8 Å². The fraction of sp³-hybridized carbons (Fsp3) is 0.308. The second kappa shape index (κ2) is 7.83. The Kier molecular flexibility index (Phi) is 6.12. The van der Waals surface area contributed by atoms with Crippen molar-refractivity contribution in [3.8, 4) is 5.75 Å². The topological polar surface area (TPSA) is 96.5 Å². The van der Waals surface area contributed by atoms with Gasteiger partial charge in [0, 0.05) is 6.04 Å². The molecule has 0 unspecified atom stereocenters. The van der Waals surface area contributed by atoms with Crippen molar-refractivity contribution < 1.29 is 23.5 Å². The van der Waals surface area contributed by atoms with E-state index in [0.29, 0.717) is 5.75 Å². The van der Waals surface area contributed by atoms with Crippen LogP contribution in [0.5, 0.6) is 5.75 Å². The first-order valence-corrected chi connectivity index (χ1v) is 6.16. The molecule has 0 aliphatic carbocycles. The first kappa shape index (κ1) is 16.4. The van der Waals surface area contributed by atoms with E-state index in [0.717, 1.165) is 0 Å². The van der Waals surface area contributed by atoms with Gasteiger partial charge in [-0.3, -0.25) is 25.2 Å². The molecule has 0 radical (unpaired) electrons. The number of rotatable bonds is 4. The Morgan fingerprint density at radius 1 is 1.10 bits per heavy atom. The molecule has 8 heteroatoms. The zero-order valence-electron chi connectivity index (χ0n) is 11.6. The van der Waals surface area contributed by atoms with Gasteiger partial charge in [-0.1, -0.05) is 0 Å². The number of amides is 3. The predicted molar refractivity (Wildman–Crippen MR) is 71.5 cm³/mol. The Balaban J connectivity index is 2.29. The maximum Gasteiger partial charge on any atom is 0.327 e. The molecule has 7 nitrogen and oxygen atoms in total. The first-order chi connectivity index (χ1) is 9.88. The van der Waals surface area contributed by atoms with Gasteiger partial charge in [-0.2, -0.15) is 0 Å². The standard InChI is InChI=1S/C13H16FN3O4/c1-8(2)15-12(19)13(20)17-16-11(18)7-21-10-5-3-9(14)4-6-10/h3-6,8H,7H2,1-2H3,(H,15,19)(H,16,18)(H,17,20). The number of benzene rings is 1. The molecule has 0 aliphatic heterocycles. The van der Waals surface area contributed by atoms with Gasteiger partial charge in [-0.15, -0.1) is 0 Å². The van der Waals surface area contributed by atoms with Gasteiger partial charge in [-0.05, 0) is 38.1 Å².